The van der Waals surface area contributed by atoms with E-state index in [0.717, 1.165) is 27.6 Å². The van der Waals surface area contributed by atoms with Crippen molar-refractivity contribution >= 4 is 28.9 Å². The summed E-state index contributed by atoms with van der Waals surface area (Å²) in [6.45, 7) is 6.30. The van der Waals surface area contributed by atoms with Gasteiger partial charge in [0.25, 0.3) is 5.91 Å². The number of carbonyl (C=O) groups is 1. The molecule has 5 heteroatoms. The Balaban J connectivity index is 2.48. The average molecular weight is 318 g/mol. The molecule has 1 heterocycles. The van der Waals surface area contributed by atoms with E-state index in [2.05, 4.69) is 24.9 Å². The van der Waals surface area contributed by atoms with Crippen LogP contribution in [0.3, 0.4) is 0 Å². The highest BCUT2D eigenvalue weighted by molar-refractivity contribution is 8.18. The fraction of sp³-hybridized carbons (Fsp3) is 0.412. The Bertz CT molecular complexity index is 663. The summed E-state index contributed by atoms with van der Waals surface area (Å²) in [6.07, 6.45) is 1.95. The maximum absolute atomic E-state index is 12.3. The second-order valence-electron chi connectivity index (χ2n) is 5.59. The molecule has 0 bridgehead atoms. The molecule has 0 unspecified atom stereocenters. The number of amidine groups is 1. The lowest BCUT2D eigenvalue weighted by atomic mass is 9.96. The number of ether oxygens (including phenoxy) is 1. The van der Waals surface area contributed by atoms with Gasteiger partial charge in [-0.15, -0.1) is 0 Å². The zero-order valence-electron chi connectivity index (χ0n) is 13.9. The van der Waals surface area contributed by atoms with E-state index < -0.39 is 0 Å². The van der Waals surface area contributed by atoms with Gasteiger partial charge in [-0.1, -0.05) is 13.8 Å². The Morgan fingerprint density at radius 1 is 1.36 bits per heavy atom. The van der Waals surface area contributed by atoms with Crippen LogP contribution in [0.4, 0.5) is 0 Å². The number of hydrogen-bond acceptors (Lipinski definition) is 4. The Hall–Kier alpha value is -1.75. The fourth-order valence-corrected chi connectivity index (χ4v) is 3.31. The largest absolute Gasteiger partial charge is 0.496 e. The van der Waals surface area contributed by atoms with Crippen LogP contribution in [0, 0.1) is 6.92 Å². The third kappa shape index (κ3) is 3.04. The van der Waals surface area contributed by atoms with Crippen LogP contribution in [0.25, 0.3) is 6.08 Å². The molecule has 1 aromatic rings. The number of benzene rings is 1. The van der Waals surface area contributed by atoms with E-state index in [-0.39, 0.29) is 5.91 Å². The average Bonchev–Trinajstić information content (AvgIpc) is 2.76. The zero-order valence-corrected chi connectivity index (χ0v) is 14.7. The lowest BCUT2D eigenvalue weighted by Gasteiger charge is -2.14. The van der Waals surface area contributed by atoms with Crippen molar-refractivity contribution in [3.63, 3.8) is 0 Å². The number of aliphatic imine (C=N–C) groups is 1. The topological polar surface area (TPSA) is 41.9 Å². The van der Waals surface area contributed by atoms with Crippen molar-refractivity contribution in [1.29, 1.82) is 0 Å². The van der Waals surface area contributed by atoms with Crippen molar-refractivity contribution in [3.8, 4) is 5.75 Å². The molecular weight excluding hydrogens is 296 g/mol. The van der Waals surface area contributed by atoms with Crippen molar-refractivity contribution in [1.82, 2.24) is 4.90 Å². The molecule has 0 aromatic heterocycles. The van der Waals surface area contributed by atoms with Crippen LogP contribution in [0.15, 0.2) is 22.0 Å². The van der Waals surface area contributed by atoms with Gasteiger partial charge in [-0.3, -0.25) is 14.7 Å². The highest BCUT2D eigenvalue weighted by Crippen LogP contribution is 2.34. The molecule has 0 radical (unpaired) electrons. The minimum Gasteiger partial charge on any atom is -0.496 e. The first kappa shape index (κ1) is 16.6. The first-order valence-corrected chi connectivity index (χ1v) is 8.03. The second-order valence-corrected chi connectivity index (χ2v) is 6.60. The number of rotatable bonds is 3. The van der Waals surface area contributed by atoms with Crippen LogP contribution in [0.1, 0.15) is 36.5 Å². The Morgan fingerprint density at radius 2 is 2.05 bits per heavy atom. The molecule has 1 fully saturated rings. The molecule has 1 aliphatic heterocycles. The molecule has 1 aromatic carbocycles. The van der Waals surface area contributed by atoms with Gasteiger partial charge in [0.1, 0.15) is 5.75 Å². The molecule has 118 valence electrons. The minimum absolute atomic E-state index is 0.00749. The third-order valence-corrected chi connectivity index (χ3v) is 4.87. The van der Waals surface area contributed by atoms with Crippen LogP contribution < -0.4 is 4.74 Å². The first-order chi connectivity index (χ1) is 10.4. The molecule has 2 rings (SSSR count). The Morgan fingerprint density at radius 3 is 2.55 bits per heavy atom. The van der Waals surface area contributed by atoms with Crippen LogP contribution in [0.5, 0.6) is 5.75 Å². The predicted molar refractivity (Wildman–Crippen MR) is 93.5 cm³/mol. The predicted octanol–water partition coefficient (Wildman–Crippen LogP) is 3.66. The molecule has 4 nitrogen and oxygen atoms in total. The molecule has 1 saturated heterocycles. The number of methoxy groups -OCH3 is 1. The van der Waals surface area contributed by atoms with Gasteiger partial charge in [0.2, 0.25) is 0 Å². The molecule has 1 amide bonds. The summed E-state index contributed by atoms with van der Waals surface area (Å²) in [6, 6.07) is 4.14. The SMILES string of the molecule is CN=C1S/C(=C/c2cc(C(C)C)c(OC)cc2C)C(=O)N1C. The van der Waals surface area contributed by atoms with Gasteiger partial charge in [-0.25, -0.2) is 0 Å². The number of hydrogen-bond donors (Lipinski definition) is 0. The van der Waals surface area contributed by atoms with Gasteiger partial charge in [0, 0.05) is 14.1 Å². The van der Waals surface area contributed by atoms with E-state index in [4.69, 9.17) is 4.74 Å². The lowest BCUT2D eigenvalue weighted by Crippen LogP contribution is -2.23. The summed E-state index contributed by atoms with van der Waals surface area (Å²) >= 11 is 1.41. The van der Waals surface area contributed by atoms with Crippen molar-refractivity contribution < 1.29 is 9.53 Å². The van der Waals surface area contributed by atoms with Gasteiger partial charge in [-0.2, -0.15) is 0 Å². The van der Waals surface area contributed by atoms with Crippen LogP contribution >= 0.6 is 11.8 Å². The summed E-state index contributed by atoms with van der Waals surface area (Å²) < 4.78 is 5.46. The summed E-state index contributed by atoms with van der Waals surface area (Å²) in [5.74, 6) is 1.25. The monoisotopic (exact) mass is 318 g/mol. The molecule has 22 heavy (non-hydrogen) atoms. The van der Waals surface area contributed by atoms with E-state index in [0.29, 0.717) is 10.8 Å². The number of likely N-dealkylation sites (N-methyl/N-ethyl adjacent to an activating group) is 1. The fourth-order valence-electron chi connectivity index (χ4n) is 2.39. The minimum atomic E-state index is -0.00749. The summed E-state index contributed by atoms with van der Waals surface area (Å²) in [7, 11) is 5.14. The normalized spacial score (nSPS) is 18.9. The number of thioether (sulfide) groups is 1. The van der Waals surface area contributed by atoms with Gasteiger partial charge in [0.05, 0.1) is 12.0 Å². The Labute approximate surface area is 136 Å². The summed E-state index contributed by atoms with van der Waals surface area (Å²) in [5.41, 5.74) is 3.28. The Kier molecular flexibility index (Phi) is 4.96. The van der Waals surface area contributed by atoms with Crippen molar-refractivity contribution in [2.75, 3.05) is 21.2 Å². The van der Waals surface area contributed by atoms with E-state index >= 15 is 0 Å². The molecule has 0 N–H and O–H groups in total. The standard InChI is InChI=1S/C17H22N2O2S/c1-10(2)13-8-12(11(3)7-14(13)21-6)9-15-16(20)19(5)17(18-4)22-15/h7-10H,1-6H3/b15-9+,18-17?. The van der Waals surface area contributed by atoms with Gasteiger partial charge >= 0.3 is 0 Å². The smallest absolute Gasteiger partial charge is 0.266 e. The molecular formula is C17H22N2O2S. The molecule has 0 saturated carbocycles. The third-order valence-electron chi connectivity index (χ3n) is 3.72. The summed E-state index contributed by atoms with van der Waals surface area (Å²) in [5, 5.41) is 0.728. The number of amides is 1. The molecule has 0 spiro atoms. The summed E-state index contributed by atoms with van der Waals surface area (Å²) in [4.78, 5) is 18.7. The van der Waals surface area contributed by atoms with Crippen LogP contribution in [-0.4, -0.2) is 37.2 Å². The molecule has 0 aliphatic carbocycles. The highest BCUT2D eigenvalue weighted by atomic mass is 32.2. The van der Waals surface area contributed by atoms with Crippen molar-refractivity contribution in [3.05, 3.63) is 33.7 Å². The van der Waals surface area contributed by atoms with E-state index in [1.807, 2.05) is 19.1 Å². The zero-order chi connectivity index (χ0) is 16.4. The van der Waals surface area contributed by atoms with E-state index in [1.165, 1.54) is 11.8 Å². The van der Waals surface area contributed by atoms with Gasteiger partial charge < -0.3 is 4.74 Å². The van der Waals surface area contributed by atoms with Crippen LogP contribution in [0.2, 0.25) is 0 Å². The van der Waals surface area contributed by atoms with Crippen LogP contribution in [-0.2, 0) is 4.79 Å². The first-order valence-electron chi connectivity index (χ1n) is 7.22. The van der Waals surface area contributed by atoms with Gasteiger partial charge in [0.15, 0.2) is 5.17 Å². The maximum atomic E-state index is 12.3. The molecule has 1 aliphatic rings. The quantitative estimate of drug-likeness (QED) is 0.799. The highest BCUT2D eigenvalue weighted by Gasteiger charge is 2.29. The second kappa shape index (κ2) is 6.57. The molecule has 0 atom stereocenters. The van der Waals surface area contributed by atoms with Crippen molar-refractivity contribution in [2.45, 2.75) is 26.7 Å². The number of aryl methyl sites for hydroxylation is 1. The lowest BCUT2D eigenvalue weighted by molar-refractivity contribution is -0.121. The number of carbonyl (C=O) groups excluding carboxylic acids is 1. The number of nitrogens with zero attached hydrogens (tertiary/aromatic N) is 2. The van der Waals surface area contributed by atoms with E-state index in [1.54, 1.807) is 26.1 Å². The van der Waals surface area contributed by atoms with Gasteiger partial charge in [-0.05, 0) is 59.5 Å². The van der Waals surface area contributed by atoms with E-state index in [9.17, 15) is 4.79 Å². The van der Waals surface area contributed by atoms with Crippen molar-refractivity contribution in [2.24, 2.45) is 4.99 Å². The maximum Gasteiger partial charge on any atom is 0.266 e.